The van der Waals surface area contributed by atoms with Crippen LogP contribution in [0, 0.1) is 5.82 Å². The molecule has 1 fully saturated rings. The van der Waals surface area contributed by atoms with Gasteiger partial charge in [-0.1, -0.05) is 17.7 Å². The lowest BCUT2D eigenvalue weighted by Gasteiger charge is -2.18. The third-order valence-electron chi connectivity index (χ3n) is 3.37. The number of carbonyl (C=O) groups is 1. The molecular formula is C13H16ClFN2O. The van der Waals surface area contributed by atoms with E-state index in [4.69, 9.17) is 17.3 Å². The Kier molecular flexibility index (Phi) is 3.59. The van der Waals surface area contributed by atoms with Gasteiger partial charge in [0.25, 0.3) is 0 Å². The fraction of sp³-hybridized carbons (Fsp3) is 0.462. The molecule has 1 aromatic rings. The van der Waals surface area contributed by atoms with Crippen LogP contribution in [0.3, 0.4) is 0 Å². The van der Waals surface area contributed by atoms with Crippen molar-refractivity contribution in [1.82, 2.24) is 5.32 Å². The lowest BCUT2D eigenvalue weighted by molar-refractivity contribution is -0.122. The van der Waals surface area contributed by atoms with E-state index < -0.39 is 6.04 Å². The van der Waals surface area contributed by atoms with Gasteiger partial charge in [-0.2, -0.15) is 0 Å². The van der Waals surface area contributed by atoms with Gasteiger partial charge in [0.2, 0.25) is 5.91 Å². The standard InChI is InChI=1S/C13H16ClFN2O/c1-8(16)12(18)17-7-13(4-5-13)10-3-2-9(15)6-11(10)14/h2-3,6,8H,4-5,7,16H2,1H3,(H,17,18). The van der Waals surface area contributed by atoms with Gasteiger partial charge in [-0.3, -0.25) is 4.79 Å². The average Bonchev–Trinajstić information content (AvgIpc) is 3.06. The normalized spacial score (nSPS) is 18.2. The van der Waals surface area contributed by atoms with Crippen LogP contribution in [0.1, 0.15) is 25.3 Å². The van der Waals surface area contributed by atoms with E-state index in [2.05, 4.69) is 5.32 Å². The molecule has 0 saturated heterocycles. The van der Waals surface area contributed by atoms with Crippen LogP contribution in [-0.4, -0.2) is 18.5 Å². The molecule has 0 aromatic heterocycles. The highest BCUT2D eigenvalue weighted by molar-refractivity contribution is 6.31. The first-order valence-corrected chi connectivity index (χ1v) is 6.31. The first kappa shape index (κ1) is 13.3. The predicted octanol–water partition coefficient (Wildman–Crippen LogP) is 1.97. The largest absolute Gasteiger partial charge is 0.354 e. The van der Waals surface area contributed by atoms with Gasteiger partial charge in [-0.25, -0.2) is 4.39 Å². The second-order valence-corrected chi connectivity index (χ2v) is 5.32. The molecule has 1 aliphatic rings. The van der Waals surface area contributed by atoms with E-state index in [1.54, 1.807) is 13.0 Å². The van der Waals surface area contributed by atoms with Crippen LogP contribution < -0.4 is 11.1 Å². The zero-order valence-corrected chi connectivity index (χ0v) is 10.9. The van der Waals surface area contributed by atoms with Crippen LogP contribution in [0.25, 0.3) is 0 Å². The number of carbonyl (C=O) groups excluding carboxylic acids is 1. The summed E-state index contributed by atoms with van der Waals surface area (Å²) < 4.78 is 13.0. The Morgan fingerprint density at radius 3 is 2.78 bits per heavy atom. The summed E-state index contributed by atoms with van der Waals surface area (Å²) in [5, 5.41) is 3.23. The fourth-order valence-electron chi connectivity index (χ4n) is 2.03. The molecule has 1 unspecified atom stereocenters. The summed E-state index contributed by atoms with van der Waals surface area (Å²) in [5.74, 6) is -0.529. The van der Waals surface area contributed by atoms with Gasteiger partial charge in [-0.15, -0.1) is 0 Å². The molecule has 5 heteroatoms. The highest BCUT2D eigenvalue weighted by Crippen LogP contribution is 2.50. The zero-order chi connectivity index (χ0) is 13.3. The zero-order valence-electron chi connectivity index (χ0n) is 10.2. The predicted molar refractivity (Wildman–Crippen MR) is 69.0 cm³/mol. The Labute approximate surface area is 111 Å². The van der Waals surface area contributed by atoms with Crippen LogP contribution >= 0.6 is 11.6 Å². The van der Waals surface area contributed by atoms with Gasteiger partial charge < -0.3 is 11.1 Å². The van der Waals surface area contributed by atoms with Crippen molar-refractivity contribution in [2.24, 2.45) is 5.73 Å². The molecular weight excluding hydrogens is 255 g/mol. The third-order valence-corrected chi connectivity index (χ3v) is 3.68. The molecule has 3 nitrogen and oxygen atoms in total. The maximum atomic E-state index is 13.0. The molecule has 1 saturated carbocycles. The van der Waals surface area contributed by atoms with Crippen LogP contribution in [0.4, 0.5) is 4.39 Å². The molecule has 2 rings (SSSR count). The van der Waals surface area contributed by atoms with Crippen molar-refractivity contribution in [2.75, 3.05) is 6.54 Å². The third kappa shape index (κ3) is 2.65. The van der Waals surface area contributed by atoms with E-state index in [0.717, 1.165) is 18.4 Å². The van der Waals surface area contributed by atoms with Crippen molar-refractivity contribution in [3.8, 4) is 0 Å². The topological polar surface area (TPSA) is 55.1 Å². The van der Waals surface area contributed by atoms with E-state index >= 15 is 0 Å². The number of nitrogens with one attached hydrogen (secondary N) is 1. The van der Waals surface area contributed by atoms with Crippen molar-refractivity contribution < 1.29 is 9.18 Å². The SMILES string of the molecule is CC(N)C(=O)NCC1(c2ccc(F)cc2Cl)CC1. The molecule has 0 heterocycles. The second kappa shape index (κ2) is 4.86. The minimum absolute atomic E-state index is 0.144. The number of nitrogens with two attached hydrogens (primary N) is 1. The number of halogens is 2. The summed E-state index contributed by atoms with van der Waals surface area (Å²) in [6.45, 7) is 2.14. The van der Waals surface area contributed by atoms with Gasteiger partial charge >= 0.3 is 0 Å². The molecule has 1 atom stereocenters. The Balaban J connectivity index is 2.10. The second-order valence-electron chi connectivity index (χ2n) is 4.91. The minimum atomic E-state index is -0.524. The van der Waals surface area contributed by atoms with Crippen molar-refractivity contribution >= 4 is 17.5 Å². The van der Waals surface area contributed by atoms with E-state index in [-0.39, 0.29) is 17.1 Å². The van der Waals surface area contributed by atoms with Crippen LogP contribution in [-0.2, 0) is 10.2 Å². The monoisotopic (exact) mass is 270 g/mol. The number of amides is 1. The minimum Gasteiger partial charge on any atom is -0.354 e. The van der Waals surface area contributed by atoms with Crippen molar-refractivity contribution in [1.29, 1.82) is 0 Å². The summed E-state index contributed by atoms with van der Waals surface area (Å²) in [6, 6.07) is 3.88. The number of benzene rings is 1. The van der Waals surface area contributed by atoms with Gasteiger partial charge in [0.05, 0.1) is 6.04 Å². The molecule has 1 aromatic carbocycles. The lowest BCUT2D eigenvalue weighted by Crippen LogP contribution is -2.41. The summed E-state index contributed by atoms with van der Waals surface area (Å²) in [4.78, 5) is 11.5. The first-order valence-electron chi connectivity index (χ1n) is 5.93. The Hall–Kier alpha value is -1.13. The van der Waals surface area contributed by atoms with E-state index in [1.165, 1.54) is 12.1 Å². The molecule has 0 radical (unpaired) electrons. The molecule has 3 N–H and O–H groups in total. The Morgan fingerprint density at radius 1 is 1.61 bits per heavy atom. The molecule has 18 heavy (non-hydrogen) atoms. The summed E-state index contributed by atoms with van der Waals surface area (Å²) >= 11 is 6.05. The van der Waals surface area contributed by atoms with Gasteiger partial charge in [0, 0.05) is 17.0 Å². The van der Waals surface area contributed by atoms with Crippen molar-refractivity contribution in [3.05, 3.63) is 34.6 Å². The molecule has 1 amide bonds. The molecule has 1 aliphatic carbocycles. The maximum Gasteiger partial charge on any atom is 0.236 e. The molecule has 0 aliphatic heterocycles. The number of hydrogen-bond acceptors (Lipinski definition) is 2. The highest BCUT2D eigenvalue weighted by Gasteiger charge is 2.45. The number of hydrogen-bond donors (Lipinski definition) is 2. The quantitative estimate of drug-likeness (QED) is 0.879. The average molecular weight is 271 g/mol. The smallest absolute Gasteiger partial charge is 0.236 e. The van der Waals surface area contributed by atoms with Gasteiger partial charge in [0.15, 0.2) is 0 Å². The Bertz CT molecular complexity index is 472. The van der Waals surface area contributed by atoms with Crippen molar-refractivity contribution in [2.45, 2.75) is 31.2 Å². The summed E-state index contributed by atoms with van der Waals surface area (Å²) in [6.07, 6.45) is 1.88. The van der Waals surface area contributed by atoms with Gasteiger partial charge in [0.1, 0.15) is 5.82 Å². The lowest BCUT2D eigenvalue weighted by atomic mass is 9.95. The molecule has 0 spiro atoms. The summed E-state index contributed by atoms with van der Waals surface area (Å²) in [5.41, 5.74) is 6.24. The highest BCUT2D eigenvalue weighted by atomic mass is 35.5. The molecule has 98 valence electrons. The van der Waals surface area contributed by atoms with Gasteiger partial charge in [-0.05, 0) is 37.5 Å². The first-order chi connectivity index (χ1) is 8.44. The van der Waals surface area contributed by atoms with E-state index in [0.29, 0.717) is 11.6 Å². The number of rotatable bonds is 4. The van der Waals surface area contributed by atoms with E-state index in [9.17, 15) is 9.18 Å². The molecule has 0 bridgehead atoms. The van der Waals surface area contributed by atoms with Crippen LogP contribution in [0.2, 0.25) is 5.02 Å². The maximum absolute atomic E-state index is 13.0. The Morgan fingerprint density at radius 2 is 2.28 bits per heavy atom. The van der Waals surface area contributed by atoms with Crippen LogP contribution in [0.15, 0.2) is 18.2 Å². The van der Waals surface area contributed by atoms with E-state index in [1.807, 2.05) is 0 Å². The van der Waals surface area contributed by atoms with Crippen molar-refractivity contribution in [3.63, 3.8) is 0 Å². The fourth-order valence-corrected chi connectivity index (χ4v) is 2.40. The van der Waals surface area contributed by atoms with Crippen LogP contribution in [0.5, 0.6) is 0 Å². The summed E-state index contributed by atoms with van der Waals surface area (Å²) in [7, 11) is 0.